The van der Waals surface area contributed by atoms with Crippen molar-refractivity contribution in [3.63, 3.8) is 0 Å². The fourth-order valence-electron chi connectivity index (χ4n) is 2.89. The van der Waals surface area contributed by atoms with Crippen LogP contribution in [0.25, 0.3) is 0 Å². The van der Waals surface area contributed by atoms with Crippen LogP contribution in [0.2, 0.25) is 0 Å². The van der Waals surface area contributed by atoms with Gasteiger partial charge >= 0.3 is 0 Å². The van der Waals surface area contributed by atoms with Crippen LogP contribution in [0.1, 0.15) is 52.9 Å². The van der Waals surface area contributed by atoms with E-state index in [0.29, 0.717) is 14.2 Å². The average molecular weight is 303 g/mol. The highest BCUT2D eigenvalue weighted by molar-refractivity contribution is 8.34. The normalized spacial score (nSPS) is 40.2. The van der Waals surface area contributed by atoms with Crippen molar-refractivity contribution in [3.05, 3.63) is 0 Å². The predicted octanol–water partition coefficient (Wildman–Crippen LogP) is 5.48. The first-order valence-corrected chi connectivity index (χ1v) is 10.3. The zero-order valence-corrected chi connectivity index (χ0v) is 14.4. The molecule has 4 fully saturated rings. The van der Waals surface area contributed by atoms with E-state index in [-0.39, 0.29) is 0 Å². The Labute approximate surface area is 125 Å². The minimum Gasteiger partial charge on any atom is -0.133 e. The molecule has 1 aliphatic carbocycles. The van der Waals surface area contributed by atoms with Crippen LogP contribution in [0.3, 0.4) is 0 Å². The number of rotatable bonds is 4. The Morgan fingerprint density at radius 1 is 1.00 bits per heavy atom. The Morgan fingerprint density at radius 3 is 2.00 bits per heavy atom. The smallest absolute Gasteiger partial charge is 0.107 e. The first-order chi connectivity index (χ1) is 8.41. The van der Waals surface area contributed by atoms with Crippen molar-refractivity contribution < 1.29 is 0 Å². The van der Waals surface area contributed by atoms with Gasteiger partial charge in [-0.3, -0.25) is 0 Å². The predicted molar refractivity (Wildman–Crippen MR) is 88.6 cm³/mol. The summed E-state index contributed by atoms with van der Waals surface area (Å²) in [6.45, 7) is 7.14. The molecule has 0 amide bonds. The molecule has 0 spiro atoms. The van der Waals surface area contributed by atoms with Crippen molar-refractivity contribution in [2.45, 2.75) is 56.3 Å². The highest BCUT2D eigenvalue weighted by Gasteiger charge is 2.51. The molecule has 2 bridgehead atoms. The summed E-state index contributed by atoms with van der Waals surface area (Å²) in [5.74, 6) is 5.46. The zero-order chi connectivity index (χ0) is 12.9. The Kier molecular flexibility index (Phi) is 3.74. The largest absolute Gasteiger partial charge is 0.133 e. The van der Waals surface area contributed by atoms with E-state index in [1.165, 1.54) is 49.4 Å². The highest BCUT2D eigenvalue weighted by Crippen LogP contribution is 2.66. The summed E-state index contributed by atoms with van der Waals surface area (Å²) in [6, 6.07) is 0. The monoisotopic (exact) mass is 302 g/mol. The van der Waals surface area contributed by atoms with Gasteiger partial charge in [0.15, 0.2) is 0 Å². The lowest BCUT2D eigenvalue weighted by Crippen LogP contribution is -2.45. The van der Waals surface area contributed by atoms with Crippen molar-refractivity contribution in [1.29, 1.82) is 0 Å². The molecule has 1 saturated carbocycles. The standard InChI is InChI=1S/C15H26S3/c1-13(2,3)6-7-15-16-9-14(10-17-15,11-18-15)8-12-4-5-12/h12H,4-11H2,1-3H3. The summed E-state index contributed by atoms with van der Waals surface area (Å²) in [6.07, 6.45) is 7.36. The molecule has 0 atom stereocenters. The number of hydrogen-bond donors (Lipinski definition) is 0. The summed E-state index contributed by atoms with van der Waals surface area (Å²) in [4.78, 5) is 0. The van der Waals surface area contributed by atoms with E-state index in [9.17, 15) is 0 Å². The van der Waals surface area contributed by atoms with E-state index in [1.807, 2.05) is 0 Å². The number of hydrogen-bond acceptors (Lipinski definition) is 3. The Bertz CT molecular complexity index is 290. The minimum atomic E-state index is 0.496. The van der Waals surface area contributed by atoms with E-state index in [0.717, 1.165) is 5.92 Å². The van der Waals surface area contributed by atoms with Gasteiger partial charge in [0.1, 0.15) is 3.41 Å². The molecule has 0 radical (unpaired) electrons. The molecule has 3 aliphatic heterocycles. The van der Waals surface area contributed by atoms with E-state index in [1.54, 1.807) is 0 Å². The van der Waals surface area contributed by atoms with Crippen molar-refractivity contribution in [3.8, 4) is 0 Å². The molecule has 3 heterocycles. The van der Waals surface area contributed by atoms with Crippen LogP contribution < -0.4 is 0 Å². The second-order valence-corrected chi connectivity index (χ2v) is 12.4. The summed E-state index contributed by atoms with van der Waals surface area (Å²) >= 11 is 6.89. The third-order valence-corrected chi connectivity index (χ3v) is 10.7. The summed E-state index contributed by atoms with van der Waals surface area (Å²) in [5.41, 5.74) is 1.21. The van der Waals surface area contributed by atoms with Crippen molar-refractivity contribution in [2.24, 2.45) is 16.7 Å². The molecule has 18 heavy (non-hydrogen) atoms. The topological polar surface area (TPSA) is 0 Å². The third-order valence-electron chi connectivity index (χ3n) is 4.39. The van der Waals surface area contributed by atoms with Gasteiger partial charge in [-0.2, -0.15) is 0 Å². The number of fused-ring (bicyclic) bond motifs is 3. The minimum absolute atomic E-state index is 0.496. The molecule has 4 aliphatic rings. The molecule has 0 aromatic rings. The second-order valence-electron chi connectivity index (χ2n) is 7.76. The maximum absolute atomic E-state index is 2.38. The van der Waals surface area contributed by atoms with E-state index < -0.39 is 0 Å². The Morgan fingerprint density at radius 2 is 1.56 bits per heavy atom. The lowest BCUT2D eigenvalue weighted by Gasteiger charge is -2.52. The van der Waals surface area contributed by atoms with Crippen molar-refractivity contribution in [1.82, 2.24) is 0 Å². The molecule has 0 aromatic heterocycles. The van der Waals surface area contributed by atoms with Gasteiger partial charge in [-0.25, -0.2) is 0 Å². The molecule has 3 saturated heterocycles. The molecule has 3 heteroatoms. The first kappa shape index (κ1) is 14.0. The quantitative estimate of drug-likeness (QED) is 0.675. The maximum Gasteiger partial charge on any atom is 0.107 e. The lowest BCUT2D eigenvalue weighted by molar-refractivity contribution is 0.355. The molecule has 4 rings (SSSR count). The second kappa shape index (κ2) is 4.80. The molecular formula is C15H26S3. The number of thioether (sulfide) groups is 3. The molecule has 0 nitrogen and oxygen atoms in total. The Balaban J connectivity index is 1.56. The summed E-state index contributed by atoms with van der Waals surface area (Å²) < 4.78 is 0.526. The first-order valence-electron chi connectivity index (χ1n) is 7.32. The molecule has 104 valence electrons. The van der Waals surface area contributed by atoms with Gasteiger partial charge in [-0.05, 0) is 36.0 Å². The van der Waals surface area contributed by atoms with Crippen molar-refractivity contribution >= 4 is 35.3 Å². The van der Waals surface area contributed by atoms with Gasteiger partial charge in [0.2, 0.25) is 0 Å². The van der Waals surface area contributed by atoms with E-state index >= 15 is 0 Å². The molecule has 0 aromatic carbocycles. The molecular weight excluding hydrogens is 276 g/mol. The van der Waals surface area contributed by atoms with Gasteiger partial charge in [-0.15, -0.1) is 35.3 Å². The van der Waals surface area contributed by atoms with E-state index in [4.69, 9.17) is 0 Å². The van der Waals surface area contributed by atoms with Crippen LogP contribution in [0.15, 0.2) is 0 Å². The van der Waals surface area contributed by atoms with Crippen LogP contribution in [-0.2, 0) is 0 Å². The van der Waals surface area contributed by atoms with Gasteiger partial charge in [0.25, 0.3) is 0 Å². The van der Waals surface area contributed by atoms with Gasteiger partial charge in [0, 0.05) is 17.3 Å². The Hall–Kier alpha value is 1.05. The average Bonchev–Trinajstić information content (AvgIpc) is 3.12. The maximum atomic E-state index is 2.38. The van der Waals surface area contributed by atoms with Crippen LogP contribution in [0, 0.1) is 16.7 Å². The molecule has 0 N–H and O–H groups in total. The third kappa shape index (κ3) is 3.20. The molecule has 0 unspecified atom stereocenters. The van der Waals surface area contributed by atoms with Crippen molar-refractivity contribution in [2.75, 3.05) is 17.3 Å². The highest BCUT2D eigenvalue weighted by atomic mass is 32.3. The SMILES string of the molecule is CC(C)(C)CCC12SCC(CC3CC3)(CS1)CS2. The fraction of sp³-hybridized carbons (Fsp3) is 1.00. The van der Waals surface area contributed by atoms with Crippen LogP contribution in [0.4, 0.5) is 0 Å². The van der Waals surface area contributed by atoms with Crippen LogP contribution >= 0.6 is 35.3 Å². The van der Waals surface area contributed by atoms with Gasteiger partial charge < -0.3 is 0 Å². The van der Waals surface area contributed by atoms with E-state index in [2.05, 4.69) is 56.1 Å². The summed E-state index contributed by atoms with van der Waals surface area (Å²) in [5, 5.41) is 0. The van der Waals surface area contributed by atoms with Crippen LogP contribution in [0.5, 0.6) is 0 Å². The van der Waals surface area contributed by atoms with Gasteiger partial charge in [0.05, 0.1) is 0 Å². The zero-order valence-electron chi connectivity index (χ0n) is 12.0. The fourth-order valence-corrected chi connectivity index (χ4v) is 8.63. The van der Waals surface area contributed by atoms with Gasteiger partial charge in [-0.1, -0.05) is 33.6 Å². The van der Waals surface area contributed by atoms with Crippen LogP contribution in [-0.4, -0.2) is 20.7 Å². The lowest BCUT2D eigenvalue weighted by atomic mass is 9.88. The summed E-state index contributed by atoms with van der Waals surface area (Å²) in [7, 11) is 0.